The number of benzene rings is 1. The lowest BCUT2D eigenvalue weighted by molar-refractivity contribution is 0.235. The Morgan fingerprint density at radius 1 is 1.29 bits per heavy atom. The zero-order chi connectivity index (χ0) is 14.7. The van der Waals surface area contributed by atoms with Crippen LogP contribution in [0.2, 0.25) is 0 Å². The van der Waals surface area contributed by atoms with Gasteiger partial charge in [-0.05, 0) is 30.7 Å². The van der Waals surface area contributed by atoms with Crippen LogP contribution < -0.4 is 5.32 Å². The summed E-state index contributed by atoms with van der Waals surface area (Å²) in [5.41, 5.74) is 1.000. The molecule has 0 spiro atoms. The summed E-state index contributed by atoms with van der Waals surface area (Å²) in [6.45, 7) is 2.80. The third kappa shape index (κ3) is 3.15. The van der Waals surface area contributed by atoms with E-state index in [1.165, 1.54) is 0 Å². The summed E-state index contributed by atoms with van der Waals surface area (Å²) in [4.78, 5) is 4.59. The third-order valence-corrected chi connectivity index (χ3v) is 4.50. The molecule has 110 valence electrons. The Hall–Kier alpha value is -1.69. The van der Waals surface area contributed by atoms with Crippen molar-refractivity contribution in [1.29, 1.82) is 0 Å². The molecule has 0 radical (unpaired) electrons. The number of hydrogen-bond acceptors (Lipinski definition) is 5. The van der Waals surface area contributed by atoms with Gasteiger partial charge >= 0.3 is 0 Å². The van der Waals surface area contributed by atoms with Gasteiger partial charge in [0.1, 0.15) is 5.76 Å². The maximum Gasteiger partial charge on any atom is 0.163 e. The van der Waals surface area contributed by atoms with Gasteiger partial charge in [0.15, 0.2) is 10.8 Å². The van der Waals surface area contributed by atoms with Crippen LogP contribution in [0.15, 0.2) is 40.8 Å². The summed E-state index contributed by atoms with van der Waals surface area (Å²) in [6, 6.07) is 12.1. The number of nitrogens with one attached hydrogen (secondary N) is 1. The molecule has 0 fully saturated rings. The lowest BCUT2D eigenvalue weighted by atomic mass is 10.2. The van der Waals surface area contributed by atoms with Crippen LogP contribution in [0.1, 0.15) is 19.1 Å². The van der Waals surface area contributed by atoms with Crippen molar-refractivity contribution in [2.24, 2.45) is 0 Å². The molecule has 1 atom stereocenters. The fourth-order valence-electron chi connectivity index (χ4n) is 2.15. The second-order valence-electron chi connectivity index (χ2n) is 4.92. The average molecular weight is 302 g/mol. The highest BCUT2D eigenvalue weighted by Gasteiger charge is 2.11. The quantitative estimate of drug-likeness (QED) is 0.732. The van der Waals surface area contributed by atoms with Gasteiger partial charge in [0.25, 0.3) is 0 Å². The van der Waals surface area contributed by atoms with Gasteiger partial charge in [-0.25, -0.2) is 4.98 Å². The van der Waals surface area contributed by atoms with Gasteiger partial charge in [0.2, 0.25) is 0 Å². The minimum atomic E-state index is 0.112. The highest BCUT2D eigenvalue weighted by Crippen LogP contribution is 2.31. The number of aromatic nitrogens is 1. The number of thiazole rings is 1. The highest BCUT2D eigenvalue weighted by molar-refractivity contribution is 7.21. The van der Waals surface area contributed by atoms with E-state index in [1.54, 1.807) is 11.3 Å². The summed E-state index contributed by atoms with van der Waals surface area (Å²) in [5.74, 6) is 1.65. The molecule has 0 unspecified atom stereocenters. The monoisotopic (exact) mass is 302 g/mol. The van der Waals surface area contributed by atoms with Crippen LogP contribution in [-0.4, -0.2) is 22.7 Å². The molecule has 3 rings (SSSR count). The Bertz CT molecular complexity index is 683. The molecule has 0 aliphatic heterocycles. The molecule has 0 aliphatic carbocycles. The van der Waals surface area contributed by atoms with Gasteiger partial charge in [0.05, 0.1) is 23.4 Å². The first kappa shape index (κ1) is 14.3. The van der Waals surface area contributed by atoms with E-state index in [0.717, 1.165) is 33.2 Å². The first-order valence-corrected chi connectivity index (χ1v) is 7.90. The number of fused-ring (bicyclic) bond motifs is 1. The van der Waals surface area contributed by atoms with Crippen molar-refractivity contribution in [2.45, 2.75) is 25.9 Å². The number of hydrogen-bond donors (Lipinski definition) is 2. The molecule has 4 nitrogen and oxygen atoms in total. The van der Waals surface area contributed by atoms with Crippen molar-refractivity contribution in [1.82, 2.24) is 10.3 Å². The molecule has 0 bridgehead atoms. The lowest BCUT2D eigenvalue weighted by Gasteiger charge is -2.12. The molecule has 1 aromatic carbocycles. The zero-order valence-corrected chi connectivity index (χ0v) is 12.7. The summed E-state index contributed by atoms with van der Waals surface area (Å²) in [6.07, 6.45) is 0.891. The topological polar surface area (TPSA) is 58.3 Å². The zero-order valence-electron chi connectivity index (χ0n) is 11.9. The first-order valence-electron chi connectivity index (χ1n) is 7.09. The molecule has 0 saturated heterocycles. The summed E-state index contributed by atoms with van der Waals surface area (Å²) in [5, 5.41) is 13.3. The normalized spacial score (nSPS) is 12.9. The Balaban J connectivity index is 1.75. The number of nitrogens with zero attached hydrogens (tertiary/aromatic N) is 1. The molecule has 2 N–H and O–H groups in total. The molecular weight excluding hydrogens is 284 g/mol. The fraction of sp³-hybridized carbons (Fsp3) is 0.312. The van der Waals surface area contributed by atoms with Crippen LogP contribution in [0.5, 0.6) is 0 Å². The first-order chi connectivity index (χ1) is 10.3. The summed E-state index contributed by atoms with van der Waals surface area (Å²) < 4.78 is 7.00. The van der Waals surface area contributed by atoms with E-state index in [0.29, 0.717) is 6.54 Å². The number of furan rings is 1. The van der Waals surface area contributed by atoms with Crippen molar-refractivity contribution >= 4 is 21.6 Å². The largest absolute Gasteiger partial charge is 0.457 e. The molecular formula is C16H18N2O2S. The van der Waals surface area contributed by atoms with Crippen molar-refractivity contribution in [3.63, 3.8) is 0 Å². The number of aliphatic hydroxyl groups excluding tert-OH is 1. The van der Waals surface area contributed by atoms with Gasteiger partial charge in [-0.3, -0.25) is 0 Å². The second kappa shape index (κ2) is 6.39. The van der Waals surface area contributed by atoms with E-state index < -0.39 is 0 Å². The van der Waals surface area contributed by atoms with E-state index in [2.05, 4.69) is 16.4 Å². The van der Waals surface area contributed by atoms with Gasteiger partial charge in [-0.15, -0.1) is 11.3 Å². The van der Waals surface area contributed by atoms with Crippen molar-refractivity contribution in [2.75, 3.05) is 6.61 Å². The predicted molar refractivity (Wildman–Crippen MR) is 85.3 cm³/mol. The molecule has 0 amide bonds. The number of aliphatic hydroxyl groups is 1. The maximum atomic E-state index is 9.17. The van der Waals surface area contributed by atoms with Gasteiger partial charge in [0, 0.05) is 6.04 Å². The van der Waals surface area contributed by atoms with Crippen molar-refractivity contribution in [3.8, 4) is 10.8 Å². The fourth-order valence-corrected chi connectivity index (χ4v) is 3.08. The van der Waals surface area contributed by atoms with Crippen LogP contribution in [-0.2, 0) is 6.54 Å². The van der Waals surface area contributed by atoms with E-state index >= 15 is 0 Å². The molecule has 5 heteroatoms. The molecule has 21 heavy (non-hydrogen) atoms. The smallest absolute Gasteiger partial charge is 0.163 e. The maximum absolute atomic E-state index is 9.17. The van der Waals surface area contributed by atoms with Gasteiger partial charge in [-0.2, -0.15) is 0 Å². The van der Waals surface area contributed by atoms with E-state index in [-0.39, 0.29) is 12.6 Å². The predicted octanol–water partition coefficient (Wildman–Crippen LogP) is 3.42. The Morgan fingerprint density at radius 2 is 2.14 bits per heavy atom. The standard InChI is InChI=1S/C16H18N2O2S/c1-2-11(10-19)17-9-12-7-8-14(20-12)16-18-13-5-3-4-6-15(13)21-16/h3-8,11,17,19H,2,9-10H2,1H3/t11-/m1/s1. The van der Waals surface area contributed by atoms with Crippen LogP contribution in [0.3, 0.4) is 0 Å². The van der Waals surface area contributed by atoms with Crippen LogP contribution in [0.25, 0.3) is 21.0 Å². The van der Waals surface area contributed by atoms with E-state index in [9.17, 15) is 0 Å². The molecule has 3 aromatic rings. The summed E-state index contributed by atoms with van der Waals surface area (Å²) >= 11 is 1.63. The van der Waals surface area contributed by atoms with Crippen LogP contribution in [0.4, 0.5) is 0 Å². The Kier molecular flexibility index (Phi) is 4.34. The van der Waals surface area contributed by atoms with E-state index in [1.807, 2.05) is 37.3 Å². The Morgan fingerprint density at radius 3 is 2.90 bits per heavy atom. The molecule has 2 heterocycles. The van der Waals surface area contributed by atoms with Gasteiger partial charge < -0.3 is 14.8 Å². The second-order valence-corrected chi connectivity index (χ2v) is 5.95. The lowest BCUT2D eigenvalue weighted by Crippen LogP contribution is -2.30. The molecule has 0 saturated carbocycles. The van der Waals surface area contributed by atoms with Gasteiger partial charge in [-0.1, -0.05) is 19.1 Å². The minimum Gasteiger partial charge on any atom is -0.457 e. The minimum absolute atomic E-state index is 0.112. The van der Waals surface area contributed by atoms with Crippen molar-refractivity contribution < 1.29 is 9.52 Å². The number of rotatable bonds is 6. The van der Waals surface area contributed by atoms with Crippen molar-refractivity contribution in [3.05, 3.63) is 42.2 Å². The average Bonchev–Trinajstić information content (AvgIpc) is 3.14. The van der Waals surface area contributed by atoms with Crippen LogP contribution >= 0.6 is 11.3 Å². The highest BCUT2D eigenvalue weighted by atomic mass is 32.1. The third-order valence-electron chi connectivity index (χ3n) is 3.44. The molecule has 0 aliphatic rings. The Labute approximate surface area is 127 Å². The molecule has 2 aromatic heterocycles. The number of para-hydroxylation sites is 1. The van der Waals surface area contributed by atoms with E-state index in [4.69, 9.17) is 9.52 Å². The van der Waals surface area contributed by atoms with Crippen LogP contribution in [0, 0.1) is 0 Å². The SMILES string of the molecule is CC[C@H](CO)NCc1ccc(-c2nc3ccccc3s2)o1. The summed E-state index contributed by atoms with van der Waals surface area (Å²) in [7, 11) is 0.